The Morgan fingerprint density at radius 3 is 1.31 bits per heavy atom. The molecular weight excluding hydrogens is 464 g/mol. The van der Waals surface area contributed by atoms with E-state index in [-0.39, 0.29) is 12.2 Å². The molecule has 0 aliphatic heterocycles. The van der Waals surface area contributed by atoms with E-state index in [1.807, 2.05) is 52.0 Å². The quantitative estimate of drug-likeness (QED) is 0.317. The first kappa shape index (κ1) is 22.1. The van der Waals surface area contributed by atoms with Crippen LogP contribution in [0.4, 0.5) is 0 Å². The van der Waals surface area contributed by atoms with Crippen LogP contribution < -0.4 is 9.47 Å². The average Bonchev–Trinajstić information content (AvgIpc) is 2.64. The third kappa shape index (κ3) is 7.32. The van der Waals surface area contributed by atoms with Crippen LogP contribution in [0.15, 0.2) is 90.8 Å². The normalized spacial score (nSPS) is 11.1. The summed E-state index contributed by atoms with van der Waals surface area (Å²) in [6.07, 6.45) is 0.369. The molecular formula is C24H25BrO2S2. The zero-order valence-corrected chi connectivity index (χ0v) is 20.2. The van der Waals surface area contributed by atoms with Gasteiger partial charge in [0.15, 0.2) is 0 Å². The van der Waals surface area contributed by atoms with Gasteiger partial charge in [-0.2, -0.15) is 0 Å². The predicted octanol–water partition coefficient (Wildman–Crippen LogP) is 8.33. The van der Waals surface area contributed by atoms with Crippen molar-refractivity contribution in [2.24, 2.45) is 0 Å². The Labute approximate surface area is 190 Å². The van der Waals surface area contributed by atoms with E-state index in [1.54, 1.807) is 23.5 Å². The van der Waals surface area contributed by atoms with Crippen LogP contribution in [0.5, 0.6) is 11.5 Å². The Morgan fingerprint density at radius 1 is 0.586 bits per heavy atom. The van der Waals surface area contributed by atoms with Crippen LogP contribution in [0.3, 0.4) is 0 Å². The Hall–Kier alpha value is -1.56. The van der Waals surface area contributed by atoms with Gasteiger partial charge in [-0.3, -0.25) is 0 Å². The van der Waals surface area contributed by atoms with E-state index < -0.39 is 0 Å². The van der Waals surface area contributed by atoms with E-state index in [0.717, 1.165) is 16.0 Å². The van der Waals surface area contributed by atoms with E-state index >= 15 is 0 Å². The number of rotatable bonds is 8. The molecule has 0 heterocycles. The van der Waals surface area contributed by atoms with Crippen molar-refractivity contribution >= 4 is 39.5 Å². The monoisotopic (exact) mass is 488 g/mol. The number of benzene rings is 3. The maximum atomic E-state index is 5.72. The summed E-state index contributed by atoms with van der Waals surface area (Å²) in [7, 11) is 0. The second kappa shape index (κ2) is 10.5. The Kier molecular flexibility index (Phi) is 7.99. The largest absolute Gasteiger partial charge is 0.491 e. The summed E-state index contributed by atoms with van der Waals surface area (Å²) in [4.78, 5) is 4.76. The first-order valence-corrected chi connectivity index (χ1v) is 12.0. The Balaban J connectivity index is 1.69. The maximum absolute atomic E-state index is 5.72. The standard InChI is InChI=1S/C24H25BrO2S2/c1-16(2)26-19-5-9-21(10-6-19)28-23-13-18(25)14-24(15-23)29-22-11-7-20(8-12-22)27-17(3)4/h5-17H,1-4H3. The molecule has 152 valence electrons. The van der Waals surface area contributed by atoms with Gasteiger partial charge >= 0.3 is 0 Å². The summed E-state index contributed by atoms with van der Waals surface area (Å²) in [6, 6.07) is 23.0. The van der Waals surface area contributed by atoms with Crippen molar-refractivity contribution in [3.8, 4) is 11.5 Å². The van der Waals surface area contributed by atoms with Gasteiger partial charge in [-0.25, -0.2) is 0 Å². The molecule has 5 heteroatoms. The van der Waals surface area contributed by atoms with Gasteiger partial charge in [0.25, 0.3) is 0 Å². The van der Waals surface area contributed by atoms with E-state index in [0.29, 0.717) is 0 Å². The highest BCUT2D eigenvalue weighted by Crippen LogP contribution is 2.37. The van der Waals surface area contributed by atoms with Crippen molar-refractivity contribution in [3.05, 3.63) is 71.2 Å². The molecule has 3 rings (SSSR count). The van der Waals surface area contributed by atoms with Gasteiger partial charge in [0.2, 0.25) is 0 Å². The highest BCUT2D eigenvalue weighted by atomic mass is 79.9. The van der Waals surface area contributed by atoms with Crippen LogP contribution >= 0.6 is 39.5 Å². The molecule has 0 unspecified atom stereocenters. The van der Waals surface area contributed by atoms with Crippen LogP contribution in [-0.2, 0) is 0 Å². The second-order valence-corrected chi connectivity index (χ2v) is 10.3. The molecule has 0 saturated carbocycles. The molecule has 0 saturated heterocycles. The highest BCUT2D eigenvalue weighted by Gasteiger charge is 2.06. The first-order chi connectivity index (χ1) is 13.9. The fourth-order valence-electron chi connectivity index (χ4n) is 2.64. The molecule has 0 amide bonds. The molecule has 0 radical (unpaired) electrons. The summed E-state index contributed by atoms with van der Waals surface area (Å²) in [5, 5.41) is 0. The lowest BCUT2D eigenvalue weighted by Gasteiger charge is -2.11. The van der Waals surface area contributed by atoms with Crippen molar-refractivity contribution in [2.75, 3.05) is 0 Å². The maximum Gasteiger partial charge on any atom is 0.119 e. The van der Waals surface area contributed by atoms with Crippen LogP contribution in [0.2, 0.25) is 0 Å². The van der Waals surface area contributed by atoms with E-state index in [4.69, 9.17) is 9.47 Å². The molecule has 0 aliphatic carbocycles. The van der Waals surface area contributed by atoms with Gasteiger partial charge in [-0.05, 0) is 94.4 Å². The van der Waals surface area contributed by atoms with Gasteiger partial charge in [-0.15, -0.1) is 0 Å². The van der Waals surface area contributed by atoms with Gasteiger partial charge < -0.3 is 9.47 Å². The third-order valence-corrected chi connectivity index (χ3v) is 6.12. The van der Waals surface area contributed by atoms with Crippen molar-refractivity contribution in [1.82, 2.24) is 0 Å². The minimum Gasteiger partial charge on any atom is -0.491 e. The molecule has 0 aromatic heterocycles. The lowest BCUT2D eigenvalue weighted by atomic mass is 10.3. The SMILES string of the molecule is CC(C)Oc1ccc(Sc2cc(Br)cc(Sc3ccc(OC(C)C)cc3)c2)cc1. The molecule has 0 bridgehead atoms. The number of halogens is 1. The van der Waals surface area contributed by atoms with Crippen molar-refractivity contribution in [3.63, 3.8) is 0 Å². The van der Waals surface area contributed by atoms with Gasteiger partial charge in [0.05, 0.1) is 12.2 Å². The van der Waals surface area contributed by atoms with Crippen LogP contribution in [-0.4, -0.2) is 12.2 Å². The molecule has 3 aromatic carbocycles. The third-order valence-electron chi connectivity index (χ3n) is 3.71. The topological polar surface area (TPSA) is 18.5 Å². The van der Waals surface area contributed by atoms with Crippen molar-refractivity contribution in [2.45, 2.75) is 59.5 Å². The summed E-state index contributed by atoms with van der Waals surface area (Å²) in [6.45, 7) is 8.14. The fourth-order valence-corrected chi connectivity index (χ4v) is 5.35. The fraction of sp³-hybridized carbons (Fsp3) is 0.250. The average molecular weight is 490 g/mol. The lowest BCUT2D eigenvalue weighted by Crippen LogP contribution is -2.04. The van der Waals surface area contributed by atoms with E-state index in [1.165, 1.54) is 19.6 Å². The molecule has 0 fully saturated rings. The van der Waals surface area contributed by atoms with Crippen molar-refractivity contribution < 1.29 is 9.47 Å². The Bertz CT molecular complexity index is 849. The van der Waals surface area contributed by atoms with E-state index in [9.17, 15) is 0 Å². The number of hydrogen-bond donors (Lipinski definition) is 0. The lowest BCUT2D eigenvalue weighted by molar-refractivity contribution is 0.242. The van der Waals surface area contributed by atoms with Crippen molar-refractivity contribution in [1.29, 1.82) is 0 Å². The summed E-state index contributed by atoms with van der Waals surface area (Å²) < 4.78 is 12.5. The first-order valence-electron chi connectivity index (χ1n) is 9.57. The molecule has 2 nitrogen and oxygen atoms in total. The number of ether oxygens (including phenoxy) is 2. The second-order valence-electron chi connectivity index (χ2n) is 7.10. The summed E-state index contributed by atoms with van der Waals surface area (Å²) in [5.41, 5.74) is 0. The Morgan fingerprint density at radius 2 is 0.966 bits per heavy atom. The molecule has 0 spiro atoms. The van der Waals surface area contributed by atoms with E-state index in [2.05, 4.69) is 58.4 Å². The van der Waals surface area contributed by atoms with Crippen LogP contribution in [0, 0.1) is 0 Å². The molecule has 0 atom stereocenters. The number of hydrogen-bond acceptors (Lipinski definition) is 4. The van der Waals surface area contributed by atoms with Gasteiger partial charge in [-0.1, -0.05) is 39.5 Å². The highest BCUT2D eigenvalue weighted by molar-refractivity contribution is 9.10. The van der Waals surface area contributed by atoms with Crippen LogP contribution in [0.25, 0.3) is 0 Å². The van der Waals surface area contributed by atoms with Gasteiger partial charge in [0, 0.05) is 24.1 Å². The minimum absolute atomic E-state index is 0.184. The summed E-state index contributed by atoms with van der Waals surface area (Å²) >= 11 is 7.14. The molecule has 0 N–H and O–H groups in total. The zero-order chi connectivity index (χ0) is 20.8. The zero-order valence-electron chi connectivity index (χ0n) is 17.0. The molecule has 29 heavy (non-hydrogen) atoms. The predicted molar refractivity (Wildman–Crippen MR) is 127 cm³/mol. The van der Waals surface area contributed by atoms with Gasteiger partial charge in [0.1, 0.15) is 11.5 Å². The minimum atomic E-state index is 0.184. The van der Waals surface area contributed by atoms with Crippen LogP contribution in [0.1, 0.15) is 27.7 Å². The molecule has 0 aliphatic rings. The summed E-state index contributed by atoms with van der Waals surface area (Å²) in [5.74, 6) is 1.81. The molecule has 3 aromatic rings. The smallest absolute Gasteiger partial charge is 0.119 e.